The molecular weight excluding hydrogens is 238 g/mol. The van der Waals surface area contributed by atoms with Gasteiger partial charge in [-0.1, -0.05) is 25.7 Å². The first-order chi connectivity index (χ1) is 9.15. The smallest absolute Gasteiger partial charge is 0.240 e. The number of hydrogen-bond acceptors (Lipinski definition) is 3. The van der Waals surface area contributed by atoms with Crippen LogP contribution < -0.4 is 5.73 Å². The maximum absolute atomic E-state index is 12.5. The van der Waals surface area contributed by atoms with Gasteiger partial charge in [-0.25, -0.2) is 0 Å². The number of hydrogen-bond donors (Lipinski definition) is 1. The molecule has 2 aliphatic rings. The summed E-state index contributed by atoms with van der Waals surface area (Å²) in [5.74, 6) is 0.219. The lowest BCUT2D eigenvalue weighted by atomic mass is 10.0. The van der Waals surface area contributed by atoms with Crippen molar-refractivity contribution < 1.29 is 4.79 Å². The molecule has 0 aromatic carbocycles. The molecular formula is C15H29N3O. The van der Waals surface area contributed by atoms with Crippen molar-refractivity contribution in [1.29, 1.82) is 0 Å². The summed E-state index contributed by atoms with van der Waals surface area (Å²) < 4.78 is 0. The molecule has 110 valence electrons. The number of rotatable bonds is 2. The highest BCUT2D eigenvalue weighted by atomic mass is 16.2. The molecule has 1 saturated heterocycles. The van der Waals surface area contributed by atoms with Gasteiger partial charge in [0.2, 0.25) is 5.91 Å². The summed E-state index contributed by atoms with van der Waals surface area (Å²) in [4.78, 5) is 16.8. The van der Waals surface area contributed by atoms with Crippen LogP contribution in [0.3, 0.4) is 0 Å². The zero-order valence-corrected chi connectivity index (χ0v) is 12.5. The average molecular weight is 267 g/mol. The first kappa shape index (κ1) is 14.8. The van der Waals surface area contributed by atoms with Crippen molar-refractivity contribution in [2.24, 2.45) is 5.73 Å². The molecule has 19 heavy (non-hydrogen) atoms. The molecule has 1 saturated carbocycles. The molecule has 0 bridgehead atoms. The first-order valence-electron chi connectivity index (χ1n) is 7.87. The van der Waals surface area contributed by atoms with Crippen LogP contribution >= 0.6 is 0 Å². The summed E-state index contributed by atoms with van der Waals surface area (Å²) in [6.45, 7) is 3.57. The SMILES string of the molecule is CC1CCN(C)C(=O)C(CN)N1C1CCCCCC1. The van der Waals surface area contributed by atoms with E-state index < -0.39 is 0 Å². The minimum atomic E-state index is -0.106. The van der Waals surface area contributed by atoms with Gasteiger partial charge >= 0.3 is 0 Å². The van der Waals surface area contributed by atoms with E-state index >= 15 is 0 Å². The second-order valence-electron chi connectivity index (χ2n) is 6.24. The van der Waals surface area contributed by atoms with Crippen LogP contribution in [0.4, 0.5) is 0 Å². The summed E-state index contributed by atoms with van der Waals surface area (Å²) in [7, 11) is 1.91. The fourth-order valence-corrected chi connectivity index (χ4v) is 3.72. The number of nitrogens with two attached hydrogens (primary N) is 1. The van der Waals surface area contributed by atoms with Gasteiger partial charge in [-0.3, -0.25) is 9.69 Å². The standard InChI is InChI=1S/C15H29N3O/c1-12-9-10-17(2)15(19)14(11-16)18(12)13-7-5-3-4-6-8-13/h12-14H,3-11,16H2,1-2H3. The Kier molecular flexibility index (Phi) is 5.22. The molecule has 0 spiro atoms. The highest BCUT2D eigenvalue weighted by Crippen LogP contribution is 2.28. The summed E-state index contributed by atoms with van der Waals surface area (Å²) >= 11 is 0. The number of amides is 1. The fraction of sp³-hybridized carbons (Fsp3) is 0.933. The average Bonchev–Trinajstić information content (AvgIpc) is 2.73. The van der Waals surface area contributed by atoms with Crippen molar-refractivity contribution >= 4 is 5.91 Å². The molecule has 2 rings (SSSR count). The van der Waals surface area contributed by atoms with E-state index in [1.54, 1.807) is 0 Å². The van der Waals surface area contributed by atoms with E-state index in [1.165, 1.54) is 38.5 Å². The number of carbonyl (C=O) groups is 1. The topological polar surface area (TPSA) is 49.6 Å². The van der Waals surface area contributed by atoms with E-state index in [0.29, 0.717) is 18.6 Å². The minimum absolute atomic E-state index is 0.106. The van der Waals surface area contributed by atoms with E-state index in [2.05, 4.69) is 11.8 Å². The predicted molar refractivity (Wildman–Crippen MR) is 77.9 cm³/mol. The van der Waals surface area contributed by atoms with Crippen molar-refractivity contribution in [3.05, 3.63) is 0 Å². The van der Waals surface area contributed by atoms with Gasteiger partial charge < -0.3 is 10.6 Å². The normalized spacial score (nSPS) is 32.2. The molecule has 0 aromatic heterocycles. The minimum Gasteiger partial charge on any atom is -0.344 e. The Balaban J connectivity index is 2.18. The van der Waals surface area contributed by atoms with Gasteiger partial charge in [0, 0.05) is 32.2 Å². The lowest BCUT2D eigenvalue weighted by molar-refractivity contribution is -0.135. The van der Waals surface area contributed by atoms with Gasteiger partial charge in [0.25, 0.3) is 0 Å². The Hall–Kier alpha value is -0.610. The van der Waals surface area contributed by atoms with Crippen molar-refractivity contribution in [3.8, 4) is 0 Å². The van der Waals surface area contributed by atoms with Crippen LogP contribution in [-0.4, -0.2) is 54.0 Å². The summed E-state index contributed by atoms with van der Waals surface area (Å²) in [5.41, 5.74) is 5.93. The lowest BCUT2D eigenvalue weighted by Gasteiger charge is -2.39. The maximum atomic E-state index is 12.5. The second kappa shape index (κ2) is 6.71. The van der Waals surface area contributed by atoms with Gasteiger partial charge in [-0.05, 0) is 26.2 Å². The number of likely N-dealkylation sites (N-methyl/N-ethyl adjacent to an activating group) is 1. The van der Waals surface area contributed by atoms with Crippen molar-refractivity contribution in [1.82, 2.24) is 9.80 Å². The van der Waals surface area contributed by atoms with Gasteiger partial charge in [-0.15, -0.1) is 0 Å². The molecule has 0 aromatic rings. The van der Waals surface area contributed by atoms with Crippen LogP contribution in [0.2, 0.25) is 0 Å². The Bertz CT molecular complexity index is 300. The third kappa shape index (κ3) is 3.29. The molecule has 2 unspecified atom stereocenters. The zero-order chi connectivity index (χ0) is 13.8. The summed E-state index contributed by atoms with van der Waals surface area (Å²) in [6, 6.07) is 0.914. The largest absolute Gasteiger partial charge is 0.344 e. The van der Waals surface area contributed by atoms with E-state index in [-0.39, 0.29) is 11.9 Å². The fourth-order valence-electron chi connectivity index (χ4n) is 3.72. The third-order valence-corrected chi connectivity index (χ3v) is 4.88. The van der Waals surface area contributed by atoms with Crippen LogP contribution in [0, 0.1) is 0 Å². The molecule has 4 heteroatoms. The number of nitrogens with zero attached hydrogens (tertiary/aromatic N) is 2. The van der Waals surface area contributed by atoms with Crippen LogP contribution in [0.5, 0.6) is 0 Å². The molecule has 0 radical (unpaired) electrons. The van der Waals surface area contributed by atoms with Gasteiger partial charge in [-0.2, -0.15) is 0 Å². The van der Waals surface area contributed by atoms with Crippen molar-refractivity contribution in [3.63, 3.8) is 0 Å². The predicted octanol–water partition coefficient (Wildman–Crippen LogP) is 1.59. The third-order valence-electron chi connectivity index (χ3n) is 4.88. The second-order valence-corrected chi connectivity index (χ2v) is 6.24. The zero-order valence-electron chi connectivity index (χ0n) is 12.5. The molecule has 1 aliphatic heterocycles. The van der Waals surface area contributed by atoms with Crippen molar-refractivity contribution in [2.45, 2.75) is 70.0 Å². The van der Waals surface area contributed by atoms with Crippen molar-refractivity contribution in [2.75, 3.05) is 20.1 Å². The van der Waals surface area contributed by atoms with Gasteiger partial charge in [0.1, 0.15) is 6.04 Å². The Morgan fingerprint density at radius 3 is 2.37 bits per heavy atom. The lowest BCUT2D eigenvalue weighted by Crippen LogP contribution is -2.55. The van der Waals surface area contributed by atoms with Crippen LogP contribution in [0.25, 0.3) is 0 Å². The molecule has 2 N–H and O–H groups in total. The maximum Gasteiger partial charge on any atom is 0.240 e. The monoisotopic (exact) mass is 267 g/mol. The molecule has 1 aliphatic carbocycles. The Labute approximate surface area is 117 Å². The molecule has 1 heterocycles. The van der Waals surface area contributed by atoms with Crippen LogP contribution in [0.1, 0.15) is 51.9 Å². The van der Waals surface area contributed by atoms with E-state index in [0.717, 1.165) is 13.0 Å². The Morgan fingerprint density at radius 2 is 1.79 bits per heavy atom. The number of carbonyl (C=O) groups excluding carboxylic acids is 1. The van der Waals surface area contributed by atoms with Gasteiger partial charge in [0.15, 0.2) is 0 Å². The van der Waals surface area contributed by atoms with E-state index in [1.807, 2.05) is 11.9 Å². The quantitative estimate of drug-likeness (QED) is 0.773. The van der Waals surface area contributed by atoms with Crippen LogP contribution in [0.15, 0.2) is 0 Å². The molecule has 4 nitrogen and oxygen atoms in total. The molecule has 2 atom stereocenters. The van der Waals surface area contributed by atoms with E-state index in [4.69, 9.17) is 5.73 Å². The molecule has 1 amide bonds. The van der Waals surface area contributed by atoms with Gasteiger partial charge in [0.05, 0.1) is 0 Å². The van der Waals surface area contributed by atoms with Crippen LogP contribution in [-0.2, 0) is 4.79 Å². The first-order valence-corrected chi connectivity index (χ1v) is 7.87. The van der Waals surface area contributed by atoms with E-state index in [9.17, 15) is 4.79 Å². The highest BCUT2D eigenvalue weighted by molar-refractivity contribution is 5.82. The Morgan fingerprint density at radius 1 is 1.16 bits per heavy atom. The highest BCUT2D eigenvalue weighted by Gasteiger charge is 2.37. The summed E-state index contributed by atoms with van der Waals surface area (Å²) in [5, 5.41) is 0. The summed E-state index contributed by atoms with van der Waals surface area (Å²) in [6.07, 6.45) is 8.83. The molecule has 2 fully saturated rings.